The van der Waals surface area contributed by atoms with Crippen molar-refractivity contribution in [1.29, 1.82) is 0 Å². The monoisotopic (exact) mass is 302 g/mol. The van der Waals surface area contributed by atoms with E-state index in [1.807, 2.05) is 13.8 Å². The van der Waals surface area contributed by atoms with Gasteiger partial charge in [-0.3, -0.25) is 4.79 Å². The molecule has 0 radical (unpaired) electrons. The Labute approximate surface area is 122 Å². The lowest BCUT2D eigenvalue weighted by Gasteiger charge is -2.17. The van der Waals surface area contributed by atoms with Crippen LogP contribution in [0.15, 0.2) is 24.3 Å². The Morgan fingerprint density at radius 3 is 2.52 bits per heavy atom. The summed E-state index contributed by atoms with van der Waals surface area (Å²) in [7, 11) is 0. The van der Waals surface area contributed by atoms with Gasteiger partial charge in [-0.15, -0.1) is 0 Å². The standard InChI is InChI=1S/C15H21F3N2O/c1-4-10(2)19-9-14(21)20-11(3)12-6-5-7-13(8-12)15(16,17)18/h5-8,10-11,19H,4,9H2,1-3H3,(H,20,21). The third-order valence-electron chi connectivity index (χ3n) is 3.31. The summed E-state index contributed by atoms with van der Waals surface area (Å²) in [6, 6.07) is 4.74. The SMILES string of the molecule is CCC(C)NCC(=O)NC(C)c1cccc(C(F)(F)F)c1. The maximum absolute atomic E-state index is 12.6. The minimum absolute atomic E-state index is 0.151. The summed E-state index contributed by atoms with van der Waals surface area (Å²) in [5, 5.41) is 5.72. The number of halogens is 3. The maximum atomic E-state index is 12.6. The molecule has 0 aliphatic carbocycles. The molecule has 118 valence electrons. The van der Waals surface area contributed by atoms with Gasteiger partial charge in [-0.05, 0) is 38.0 Å². The van der Waals surface area contributed by atoms with Crippen LogP contribution in [0.3, 0.4) is 0 Å². The van der Waals surface area contributed by atoms with Crippen LogP contribution in [0.1, 0.15) is 44.4 Å². The van der Waals surface area contributed by atoms with Gasteiger partial charge in [-0.2, -0.15) is 13.2 Å². The predicted octanol–water partition coefficient (Wildman–Crippen LogP) is 3.27. The fraction of sp³-hybridized carbons (Fsp3) is 0.533. The van der Waals surface area contributed by atoms with E-state index in [0.29, 0.717) is 5.56 Å². The summed E-state index contributed by atoms with van der Waals surface area (Å²) in [6.07, 6.45) is -3.48. The molecule has 2 unspecified atom stereocenters. The highest BCUT2D eigenvalue weighted by molar-refractivity contribution is 5.78. The quantitative estimate of drug-likeness (QED) is 0.847. The van der Waals surface area contributed by atoms with Gasteiger partial charge in [0.1, 0.15) is 0 Å². The van der Waals surface area contributed by atoms with Crippen molar-refractivity contribution in [2.24, 2.45) is 0 Å². The first-order valence-corrected chi connectivity index (χ1v) is 6.94. The third-order valence-corrected chi connectivity index (χ3v) is 3.31. The molecule has 1 aromatic rings. The summed E-state index contributed by atoms with van der Waals surface area (Å²) >= 11 is 0. The molecule has 21 heavy (non-hydrogen) atoms. The number of amides is 1. The summed E-state index contributed by atoms with van der Waals surface area (Å²) in [6.45, 7) is 5.78. The zero-order chi connectivity index (χ0) is 16.0. The van der Waals surface area contributed by atoms with Gasteiger partial charge in [0, 0.05) is 6.04 Å². The minimum Gasteiger partial charge on any atom is -0.348 e. The molecule has 0 fully saturated rings. The highest BCUT2D eigenvalue weighted by Gasteiger charge is 2.30. The van der Waals surface area contributed by atoms with Gasteiger partial charge in [-0.25, -0.2) is 0 Å². The summed E-state index contributed by atoms with van der Waals surface area (Å²) in [5.74, 6) is -0.236. The van der Waals surface area contributed by atoms with E-state index >= 15 is 0 Å². The number of rotatable bonds is 6. The molecular formula is C15H21F3N2O. The summed E-state index contributed by atoms with van der Waals surface area (Å²) in [5.41, 5.74) is -0.277. The molecule has 6 heteroatoms. The molecular weight excluding hydrogens is 281 g/mol. The lowest BCUT2D eigenvalue weighted by Crippen LogP contribution is -2.38. The van der Waals surface area contributed by atoms with Gasteiger partial charge in [0.2, 0.25) is 5.91 Å². The number of carbonyl (C=O) groups excluding carboxylic acids is 1. The Hall–Kier alpha value is -1.56. The van der Waals surface area contributed by atoms with Gasteiger partial charge in [0.25, 0.3) is 0 Å². The van der Waals surface area contributed by atoms with E-state index < -0.39 is 17.8 Å². The fourth-order valence-corrected chi connectivity index (χ4v) is 1.77. The van der Waals surface area contributed by atoms with Crippen LogP contribution in [0.5, 0.6) is 0 Å². The lowest BCUT2D eigenvalue weighted by atomic mass is 10.0. The number of benzene rings is 1. The Kier molecular flexibility index (Phi) is 6.20. The van der Waals surface area contributed by atoms with Gasteiger partial charge in [0.05, 0.1) is 18.2 Å². The molecule has 1 aromatic carbocycles. The number of nitrogens with one attached hydrogen (secondary N) is 2. The topological polar surface area (TPSA) is 41.1 Å². The average Bonchev–Trinajstić information content (AvgIpc) is 2.43. The fourth-order valence-electron chi connectivity index (χ4n) is 1.77. The molecule has 0 heterocycles. The maximum Gasteiger partial charge on any atom is 0.416 e. The van der Waals surface area contributed by atoms with Gasteiger partial charge in [0.15, 0.2) is 0 Å². The van der Waals surface area contributed by atoms with Gasteiger partial charge >= 0.3 is 6.18 Å². The number of carbonyl (C=O) groups is 1. The number of alkyl halides is 3. The van der Waals surface area contributed by atoms with Crippen molar-refractivity contribution < 1.29 is 18.0 Å². The van der Waals surface area contributed by atoms with Crippen LogP contribution in [0.4, 0.5) is 13.2 Å². The van der Waals surface area contributed by atoms with Crippen LogP contribution in [0, 0.1) is 0 Å². The van der Waals surface area contributed by atoms with Crippen molar-refractivity contribution in [1.82, 2.24) is 10.6 Å². The second kappa shape index (κ2) is 7.45. The van der Waals surface area contributed by atoms with Crippen LogP contribution in [-0.4, -0.2) is 18.5 Å². The molecule has 0 saturated carbocycles. The summed E-state index contributed by atoms with van der Waals surface area (Å²) < 4.78 is 37.9. The smallest absolute Gasteiger partial charge is 0.348 e. The largest absolute Gasteiger partial charge is 0.416 e. The van der Waals surface area contributed by atoms with E-state index in [-0.39, 0.29) is 18.5 Å². The van der Waals surface area contributed by atoms with Crippen molar-refractivity contribution >= 4 is 5.91 Å². The Bertz CT molecular complexity index is 474. The molecule has 2 N–H and O–H groups in total. The Morgan fingerprint density at radius 2 is 1.95 bits per heavy atom. The first-order valence-electron chi connectivity index (χ1n) is 6.94. The van der Waals surface area contributed by atoms with E-state index in [2.05, 4.69) is 10.6 Å². The second-order valence-electron chi connectivity index (χ2n) is 5.10. The highest BCUT2D eigenvalue weighted by Crippen LogP contribution is 2.30. The minimum atomic E-state index is -4.38. The van der Waals surface area contributed by atoms with Crippen LogP contribution in [0.2, 0.25) is 0 Å². The second-order valence-corrected chi connectivity index (χ2v) is 5.10. The molecule has 0 aliphatic rings. The van der Waals surface area contributed by atoms with Crippen molar-refractivity contribution in [3.8, 4) is 0 Å². The van der Waals surface area contributed by atoms with Crippen LogP contribution in [-0.2, 0) is 11.0 Å². The number of hydrogen-bond donors (Lipinski definition) is 2. The summed E-state index contributed by atoms with van der Waals surface area (Å²) in [4.78, 5) is 11.7. The van der Waals surface area contributed by atoms with E-state index in [1.165, 1.54) is 6.07 Å². The lowest BCUT2D eigenvalue weighted by molar-refractivity contribution is -0.137. The average molecular weight is 302 g/mol. The molecule has 1 amide bonds. The van der Waals surface area contributed by atoms with Crippen molar-refractivity contribution in [3.05, 3.63) is 35.4 Å². The molecule has 3 nitrogen and oxygen atoms in total. The Balaban J connectivity index is 2.63. The molecule has 2 atom stereocenters. The van der Waals surface area contributed by atoms with Crippen molar-refractivity contribution in [2.75, 3.05) is 6.54 Å². The molecule has 0 bridgehead atoms. The zero-order valence-electron chi connectivity index (χ0n) is 12.4. The molecule has 0 saturated heterocycles. The molecule has 1 rings (SSSR count). The number of hydrogen-bond acceptors (Lipinski definition) is 2. The van der Waals surface area contributed by atoms with Crippen LogP contribution >= 0.6 is 0 Å². The van der Waals surface area contributed by atoms with E-state index in [4.69, 9.17) is 0 Å². The first-order chi connectivity index (χ1) is 9.74. The van der Waals surface area contributed by atoms with Crippen molar-refractivity contribution in [2.45, 2.75) is 45.5 Å². The third kappa shape index (κ3) is 5.75. The molecule has 0 aliphatic heterocycles. The van der Waals surface area contributed by atoms with E-state index in [1.54, 1.807) is 13.0 Å². The van der Waals surface area contributed by atoms with E-state index in [9.17, 15) is 18.0 Å². The van der Waals surface area contributed by atoms with Crippen molar-refractivity contribution in [3.63, 3.8) is 0 Å². The van der Waals surface area contributed by atoms with Crippen LogP contribution < -0.4 is 10.6 Å². The first kappa shape index (κ1) is 17.5. The zero-order valence-corrected chi connectivity index (χ0v) is 12.4. The highest BCUT2D eigenvalue weighted by atomic mass is 19.4. The molecule has 0 aromatic heterocycles. The van der Waals surface area contributed by atoms with E-state index in [0.717, 1.165) is 18.6 Å². The molecule has 0 spiro atoms. The predicted molar refractivity (Wildman–Crippen MR) is 75.8 cm³/mol. The Morgan fingerprint density at radius 1 is 1.29 bits per heavy atom. The van der Waals surface area contributed by atoms with Gasteiger partial charge < -0.3 is 10.6 Å². The van der Waals surface area contributed by atoms with Crippen LogP contribution in [0.25, 0.3) is 0 Å². The van der Waals surface area contributed by atoms with Gasteiger partial charge in [-0.1, -0.05) is 19.1 Å². The normalized spacial score (nSPS) is 14.6.